The zero-order chi connectivity index (χ0) is 47.1. The molecule has 0 aliphatic rings. The SMILES string of the molecule is [C-]#[N+]c1cc(C#N)cc(-c2ccc3c(c2)c2ccccc2n3-c2c(-c3cc(-c4ccccc4)nc(-c4ccccc4)n3)cc(C(F)(F)F)cc2-c2cc(-c3ccccc3)nc(-c3ccccc3)n2)c1. The number of hydrogen-bond donors (Lipinski definition) is 0. The van der Waals surface area contributed by atoms with Gasteiger partial charge in [-0.2, -0.15) is 18.4 Å². The monoisotopic (exact) mass is 897 g/mol. The van der Waals surface area contributed by atoms with E-state index in [1.165, 1.54) is 12.1 Å². The van der Waals surface area contributed by atoms with Crippen molar-refractivity contribution in [3.63, 3.8) is 0 Å². The third kappa shape index (κ3) is 8.03. The molecule has 0 unspecified atom stereocenters. The van der Waals surface area contributed by atoms with Gasteiger partial charge in [0.15, 0.2) is 17.3 Å². The van der Waals surface area contributed by atoms with Gasteiger partial charge in [-0.05, 0) is 71.8 Å². The maximum atomic E-state index is 15.7. The van der Waals surface area contributed by atoms with Crippen molar-refractivity contribution in [2.24, 2.45) is 0 Å². The van der Waals surface area contributed by atoms with Gasteiger partial charge in [0.1, 0.15) is 0 Å². The largest absolute Gasteiger partial charge is 0.416 e. The summed E-state index contributed by atoms with van der Waals surface area (Å²) in [7, 11) is 0. The summed E-state index contributed by atoms with van der Waals surface area (Å²) in [5.41, 5.74) is 7.85. The zero-order valence-electron chi connectivity index (χ0n) is 36.4. The summed E-state index contributed by atoms with van der Waals surface area (Å²) in [6, 6.07) is 64.4. The van der Waals surface area contributed by atoms with Crippen LogP contribution in [0.2, 0.25) is 0 Å². The van der Waals surface area contributed by atoms with Crippen LogP contribution in [0, 0.1) is 17.9 Å². The fourth-order valence-electron chi connectivity index (χ4n) is 8.85. The lowest BCUT2D eigenvalue weighted by Crippen LogP contribution is -2.10. The number of halogens is 3. The first-order valence-electron chi connectivity index (χ1n) is 21.9. The Morgan fingerprint density at radius 1 is 0.449 bits per heavy atom. The summed E-state index contributed by atoms with van der Waals surface area (Å²) in [6.07, 6.45) is -4.80. The second kappa shape index (κ2) is 17.4. The lowest BCUT2D eigenvalue weighted by molar-refractivity contribution is -0.137. The highest BCUT2D eigenvalue weighted by Gasteiger charge is 2.35. The van der Waals surface area contributed by atoms with Gasteiger partial charge < -0.3 is 4.57 Å². The van der Waals surface area contributed by atoms with Crippen LogP contribution < -0.4 is 0 Å². The summed E-state index contributed by atoms with van der Waals surface area (Å²) >= 11 is 0. The number of benzene rings is 8. The summed E-state index contributed by atoms with van der Waals surface area (Å²) in [5.74, 6) is 0.670. The fraction of sp³-hybridized carbons (Fsp3) is 0.0169. The molecule has 11 rings (SSSR count). The van der Waals surface area contributed by atoms with Crippen LogP contribution in [0.5, 0.6) is 0 Å². The number of aromatic nitrogens is 5. The average Bonchev–Trinajstić information content (AvgIpc) is 3.74. The minimum absolute atomic E-state index is 0.188. The molecule has 0 aliphatic heterocycles. The van der Waals surface area contributed by atoms with E-state index >= 15 is 13.2 Å². The quantitative estimate of drug-likeness (QED) is 0.142. The van der Waals surface area contributed by atoms with Gasteiger partial charge in [0.05, 0.1) is 57.7 Å². The summed E-state index contributed by atoms with van der Waals surface area (Å²) in [4.78, 5) is 23.9. The molecule has 0 atom stereocenters. The van der Waals surface area contributed by atoms with Crippen LogP contribution in [0.3, 0.4) is 0 Å². The molecule has 0 radical (unpaired) electrons. The number of nitrogens with zero attached hydrogens (tertiary/aromatic N) is 7. The number of nitriles is 1. The third-order valence-electron chi connectivity index (χ3n) is 12.1. The summed E-state index contributed by atoms with van der Waals surface area (Å²) < 4.78 is 49.2. The molecule has 326 valence electrons. The maximum Gasteiger partial charge on any atom is 0.416 e. The van der Waals surface area contributed by atoms with Crippen LogP contribution in [0.25, 0.3) is 111 Å². The topological polar surface area (TPSA) is 84.6 Å². The van der Waals surface area contributed by atoms with Crippen molar-refractivity contribution in [1.29, 1.82) is 5.26 Å². The highest BCUT2D eigenvalue weighted by atomic mass is 19.4. The maximum absolute atomic E-state index is 15.7. The molecular formula is C59H34F3N7. The standard InChI is InChI=1S/C59H34F3N7/c1-64-45-29-37(36-63)28-43(30-45)42-26-27-55-47(31-42)46-24-14-15-25-54(46)69(55)56-48(52-34-50(38-16-6-2-7-17-38)65-57(67-52)40-20-10-4-11-21-40)32-44(59(60,61)62)33-49(56)53-35-51(39-18-8-3-9-19-39)66-58(68-53)41-22-12-5-13-23-41/h2-35H. The number of alkyl halides is 3. The van der Waals surface area contributed by atoms with E-state index in [0.29, 0.717) is 67.7 Å². The second-order valence-electron chi connectivity index (χ2n) is 16.4. The number of hydrogen-bond acceptors (Lipinski definition) is 5. The molecular weight excluding hydrogens is 864 g/mol. The Balaban J connectivity index is 1.29. The van der Waals surface area contributed by atoms with E-state index in [1.54, 1.807) is 30.3 Å². The van der Waals surface area contributed by atoms with Crippen LogP contribution in [0.15, 0.2) is 206 Å². The number of fused-ring (bicyclic) bond motifs is 3. The van der Waals surface area contributed by atoms with Gasteiger partial charge in [-0.25, -0.2) is 24.8 Å². The van der Waals surface area contributed by atoms with Crippen molar-refractivity contribution in [2.75, 3.05) is 0 Å². The lowest BCUT2D eigenvalue weighted by Gasteiger charge is -2.22. The lowest BCUT2D eigenvalue weighted by atomic mass is 9.95. The molecule has 0 fully saturated rings. The van der Waals surface area contributed by atoms with Crippen LogP contribution >= 0.6 is 0 Å². The molecule has 7 nitrogen and oxygen atoms in total. The number of para-hydroxylation sites is 1. The normalized spacial score (nSPS) is 11.4. The van der Waals surface area contributed by atoms with Gasteiger partial charge >= 0.3 is 6.18 Å². The van der Waals surface area contributed by atoms with Crippen LogP contribution in [-0.4, -0.2) is 24.5 Å². The highest BCUT2D eigenvalue weighted by molar-refractivity contribution is 6.12. The van der Waals surface area contributed by atoms with E-state index in [9.17, 15) is 5.26 Å². The van der Waals surface area contributed by atoms with Crippen molar-refractivity contribution in [1.82, 2.24) is 24.5 Å². The van der Waals surface area contributed by atoms with E-state index in [-0.39, 0.29) is 22.5 Å². The molecule has 3 aromatic heterocycles. The molecule has 0 spiro atoms. The van der Waals surface area contributed by atoms with Crippen molar-refractivity contribution in [3.05, 3.63) is 229 Å². The summed E-state index contributed by atoms with van der Waals surface area (Å²) in [6.45, 7) is 7.72. The van der Waals surface area contributed by atoms with Crippen molar-refractivity contribution in [3.8, 4) is 90.7 Å². The van der Waals surface area contributed by atoms with E-state index in [1.807, 2.05) is 168 Å². The first-order chi connectivity index (χ1) is 33.7. The van der Waals surface area contributed by atoms with Gasteiger partial charge in [-0.15, -0.1) is 0 Å². The third-order valence-corrected chi connectivity index (χ3v) is 12.1. The van der Waals surface area contributed by atoms with Gasteiger partial charge in [-0.3, -0.25) is 0 Å². The minimum atomic E-state index is -4.80. The molecule has 10 heteroatoms. The molecule has 11 aromatic rings. The Labute approximate surface area is 394 Å². The molecule has 0 bridgehead atoms. The molecule has 0 saturated heterocycles. The van der Waals surface area contributed by atoms with Crippen molar-refractivity contribution >= 4 is 27.5 Å². The Kier molecular flexibility index (Phi) is 10.6. The molecule has 0 N–H and O–H groups in total. The van der Waals surface area contributed by atoms with Crippen molar-refractivity contribution in [2.45, 2.75) is 6.18 Å². The predicted molar refractivity (Wildman–Crippen MR) is 266 cm³/mol. The molecule has 8 aromatic carbocycles. The van der Waals surface area contributed by atoms with Crippen LogP contribution in [0.1, 0.15) is 11.1 Å². The zero-order valence-corrected chi connectivity index (χ0v) is 36.4. The average molecular weight is 898 g/mol. The molecule has 0 aliphatic carbocycles. The van der Waals surface area contributed by atoms with Crippen LogP contribution in [-0.2, 0) is 6.18 Å². The molecule has 69 heavy (non-hydrogen) atoms. The second-order valence-corrected chi connectivity index (χ2v) is 16.4. The van der Waals surface area contributed by atoms with E-state index < -0.39 is 11.7 Å². The predicted octanol–water partition coefficient (Wildman–Crippen LogP) is 15.5. The van der Waals surface area contributed by atoms with E-state index in [4.69, 9.17) is 26.5 Å². The Morgan fingerprint density at radius 3 is 1.43 bits per heavy atom. The smallest absolute Gasteiger partial charge is 0.308 e. The van der Waals surface area contributed by atoms with Crippen molar-refractivity contribution < 1.29 is 13.2 Å². The van der Waals surface area contributed by atoms with Gasteiger partial charge in [-0.1, -0.05) is 146 Å². The molecule has 3 heterocycles. The Bertz CT molecular complexity index is 3540. The van der Waals surface area contributed by atoms with Crippen LogP contribution in [0.4, 0.5) is 18.9 Å². The molecule has 0 amide bonds. The van der Waals surface area contributed by atoms with Gasteiger partial charge in [0, 0.05) is 49.7 Å². The highest BCUT2D eigenvalue weighted by Crippen LogP contribution is 2.46. The van der Waals surface area contributed by atoms with E-state index in [0.717, 1.165) is 27.5 Å². The van der Waals surface area contributed by atoms with Gasteiger partial charge in [0.2, 0.25) is 0 Å². The number of rotatable bonds is 8. The van der Waals surface area contributed by atoms with E-state index in [2.05, 4.69) is 10.9 Å². The first kappa shape index (κ1) is 42.1. The summed E-state index contributed by atoms with van der Waals surface area (Å²) in [5, 5.41) is 11.5. The Morgan fingerprint density at radius 2 is 0.928 bits per heavy atom. The minimum Gasteiger partial charge on any atom is -0.308 e. The first-order valence-corrected chi connectivity index (χ1v) is 21.9. The Hall–Kier alpha value is -9.51. The molecule has 0 saturated carbocycles. The van der Waals surface area contributed by atoms with Gasteiger partial charge in [0.25, 0.3) is 0 Å². The fourth-order valence-corrected chi connectivity index (χ4v) is 8.85.